The van der Waals surface area contributed by atoms with E-state index in [9.17, 15) is 14.0 Å². The van der Waals surface area contributed by atoms with Gasteiger partial charge in [-0.2, -0.15) is 5.10 Å². The maximum Gasteiger partial charge on any atom is 0.255 e. The number of carbonyl (C=O) groups is 2. The van der Waals surface area contributed by atoms with E-state index in [1.54, 1.807) is 63.4 Å². The van der Waals surface area contributed by atoms with Gasteiger partial charge in [0.1, 0.15) is 5.82 Å². The minimum absolute atomic E-state index is 0.0195. The fourth-order valence-corrected chi connectivity index (χ4v) is 3.28. The molecule has 7 nitrogen and oxygen atoms in total. The summed E-state index contributed by atoms with van der Waals surface area (Å²) in [6, 6.07) is 11.2. The lowest BCUT2D eigenvalue weighted by molar-refractivity contribution is -0.131. The highest BCUT2D eigenvalue weighted by atomic mass is 19.1. The van der Waals surface area contributed by atoms with Crippen LogP contribution in [-0.4, -0.2) is 62.6 Å². The molecule has 0 spiro atoms. The molecule has 1 aliphatic heterocycles. The van der Waals surface area contributed by atoms with Crippen molar-refractivity contribution in [3.63, 3.8) is 0 Å². The second-order valence-electron chi connectivity index (χ2n) is 6.83. The van der Waals surface area contributed by atoms with Crippen molar-refractivity contribution in [3.05, 3.63) is 78.0 Å². The van der Waals surface area contributed by atoms with E-state index < -0.39 is 0 Å². The van der Waals surface area contributed by atoms with Gasteiger partial charge in [0.25, 0.3) is 5.91 Å². The summed E-state index contributed by atoms with van der Waals surface area (Å²) in [4.78, 5) is 32.9. The van der Waals surface area contributed by atoms with E-state index in [2.05, 4.69) is 10.1 Å². The largest absolute Gasteiger partial charge is 0.339 e. The van der Waals surface area contributed by atoms with Crippen LogP contribution < -0.4 is 0 Å². The molecule has 3 heterocycles. The molecular weight excluding hydrogens is 373 g/mol. The number of carbonyl (C=O) groups excluding carboxylic acids is 2. The van der Waals surface area contributed by atoms with E-state index >= 15 is 0 Å². The van der Waals surface area contributed by atoms with Gasteiger partial charge in [0.05, 0.1) is 12.0 Å². The van der Waals surface area contributed by atoms with Crippen LogP contribution in [0.25, 0.3) is 5.82 Å². The molecular formula is C21H20FN5O2. The second-order valence-corrected chi connectivity index (χ2v) is 6.83. The zero-order chi connectivity index (χ0) is 20.2. The molecule has 0 radical (unpaired) electrons. The maximum atomic E-state index is 13.0. The predicted molar refractivity (Wildman–Crippen MR) is 104 cm³/mol. The van der Waals surface area contributed by atoms with Gasteiger partial charge in [-0.05, 0) is 35.9 Å². The van der Waals surface area contributed by atoms with Crippen LogP contribution in [-0.2, 0) is 11.2 Å². The Kier molecular flexibility index (Phi) is 5.33. The number of amides is 2. The normalized spacial score (nSPS) is 14.1. The summed E-state index contributed by atoms with van der Waals surface area (Å²) in [5.74, 6) is 0.201. The van der Waals surface area contributed by atoms with Crippen LogP contribution in [0.2, 0.25) is 0 Å². The minimum atomic E-state index is -0.319. The van der Waals surface area contributed by atoms with E-state index in [0.29, 0.717) is 37.6 Å². The molecule has 0 bridgehead atoms. The molecule has 0 atom stereocenters. The van der Waals surface area contributed by atoms with Crippen molar-refractivity contribution < 1.29 is 14.0 Å². The molecule has 1 aliphatic rings. The third kappa shape index (κ3) is 4.31. The van der Waals surface area contributed by atoms with E-state index in [1.165, 1.54) is 12.1 Å². The molecule has 0 saturated carbocycles. The van der Waals surface area contributed by atoms with E-state index in [-0.39, 0.29) is 24.1 Å². The molecule has 29 heavy (non-hydrogen) atoms. The summed E-state index contributed by atoms with van der Waals surface area (Å²) in [5, 5.41) is 4.11. The highest BCUT2D eigenvalue weighted by molar-refractivity contribution is 5.94. The van der Waals surface area contributed by atoms with Crippen molar-refractivity contribution in [3.8, 4) is 5.82 Å². The van der Waals surface area contributed by atoms with Gasteiger partial charge < -0.3 is 9.80 Å². The number of halogens is 1. The predicted octanol–water partition coefficient (Wildman–Crippen LogP) is 1.93. The fourth-order valence-electron chi connectivity index (χ4n) is 3.28. The molecule has 8 heteroatoms. The van der Waals surface area contributed by atoms with Crippen molar-refractivity contribution in [2.75, 3.05) is 26.2 Å². The quantitative estimate of drug-likeness (QED) is 0.679. The lowest BCUT2D eigenvalue weighted by atomic mass is 10.1. The molecule has 4 rings (SSSR count). The van der Waals surface area contributed by atoms with Gasteiger partial charge in [-0.3, -0.25) is 9.59 Å². The van der Waals surface area contributed by atoms with E-state index in [4.69, 9.17) is 0 Å². The number of hydrogen-bond donors (Lipinski definition) is 0. The molecule has 1 fully saturated rings. The summed E-state index contributed by atoms with van der Waals surface area (Å²) in [7, 11) is 0. The topological polar surface area (TPSA) is 71.3 Å². The Balaban J connectivity index is 1.32. The lowest BCUT2D eigenvalue weighted by Gasteiger charge is -2.34. The number of aromatic nitrogens is 3. The third-order valence-electron chi connectivity index (χ3n) is 4.92. The van der Waals surface area contributed by atoms with Crippen LogP contribution in [0.5, 0.6) is 0 Å². The van der Waals surface area contributed by atoms with Crippen molar-refractivity contribution in [1.82, 2.24) is 24.6 Å². The Hall–Kier alpha value is -3.55. The SMILES string of the molecule is O=C(Cc1ccc(F)cc1)N1CCN(C(=O)c2ccc(-n3cccn3)nc2)CC1. The highest BCUT2D eigenvalue weighted by Gasteiger charge is 2.25. The fraction of sp³-hybridized carbons (Fsp3) is 0.238. The van der Waals surface area contributed by atoms with E-state index in [0.717, 1.165) is 5.56 Å². The molecule has 2 aromatic heterocycles. The summed E-state index contributed by atoms with van der Waals surface area (Å²) in [6.07, 6.45) is 5.22. The van der Waals surface area contributed by atoms with Crippen molar-refractivity contribution in [1.29, 1.82) is 0 Å². The van der Waals surface area contributed by atoms with Gasteiger partial charge in [-0.25, -0.2) is 14.1 Å². The molecule has 1 aromatic carbocycles. The Bertz CT molecular complexity index is 979. The van der Waals surface area contributed by atoms with Crippen molar-refractivity contribution in [2.45, 2.75) is 6.42 Å². The van der Waals surface area contributed by atoms with Crippen LogP contribution in [0.4, 0.5) is 4.39 Å². The van der Waals surface area contributed by atoms with Gasteiger partial charge in [-0.15, -0.1) is 0 Å². The van der Waals surface area contributed by atoms with E-state index in [1.807, 2.05) is 0 Å². The second kappa shape index (κ2) is 8.22. The minimum Gasteiger partial charge on any atom is -0.339 e. The first-order chi connectivity index (χ1) is 14.1. The van der Waals surface area contributed by atoms with Crippen LogP contribution >= 0.6 is 0 Å². The number of benzene rings is 1. The monoisotopic (exact) mass is 393 g/mol. The zero-order valence-corrected chi connectivity index (χ0v) is 15.7. The molecule has 1 saturated heterocycles. The number of piperazine rings is 1. The van der Waals surface area contributed by atoms with Crippen molar-refractivity contribution >= 4 is 11.8 Å². The van der Waals surface area contributed by atoms with Crippen LogP contribution in [0, 0.1) is 5.82 Å². The average molecular weight is 393 g/mol. The highest BCUT2D eigenvalue weighted by Crippen LogP contribution is 2.12. The smallest absolute Gasteiger partial charge is 0.255 e. The summed E-state index contributed by atoms with van der Waals surface area (Å²) in [5.41, 5.74) is 1.28. The van der Waals surface area contributed by atoms with Gasteiger partial charge in [0, 0.05) is 44.8 Å². The summed E-state index contributed by atoms with van der Waals surface area (Å²) in [6.45, 7) is 1.89. The van der Waals surface area contributed by atoms with Crippen LogP contribution in [0.3, 0.4) is 0 Å². The molecule has 0 N–H and O–H groups in total. The molecule has 3 aromatic rings. The molecule has 0 aliphatic carbocycles. The van der Waals surface area contributed by atoms with Gasteiger partial charge >= 0.3 is 0 Å². The Morgan fingerprint density at radius 3 is 2.31 bits per heavy atom. The van der Waals surface area contributed by atoms with Crippen LogP contribution in [0.15, 0.2) is 61.1 Å². The first kappa shape index (κ1) is 18.8. The average Bonchev–Trinajstić information content (AvgIpc) is 3.30. The summed E-state index contributed by atoms with van der Waals surface area (Å²) < 4.78 is 14.6. The standard InChI is InChI=1S/C21H20FN5O2/c22-18-5-2-16(3-6-18)14-20(28)25-10-12-26(13-11-25)21(29)17-4-7-19(23-15-17)27-9-1-8-24-27/h1-9,15H,10-14H2. The Morgan fingerprint density at radius 1 is 0.966 bits per heavy atom. The van der Waals surface area contributed by atoms with Crippen molar-refractivity contribution in [2.24, 2.45) is 0 Å². The third-order valence-corrected chi connectivity index (χ3v) is 4.92. The maximum absolute atomic E-state index is 13.0. The van der Waals surface area contributed by atoms with Gasteiger partial charge in [0.15, 0.2) is 5.82 Å². The van der Waals surface area contributed by atoms with Gasteiger partial charge in [-0.1, -0.05) is 12.1 Å². The Labute approximate surface area is 167 Å². The number of hydrogen-bond acceptors (Lipinski definition) is 4. The number of pyridine rings is 1. The molecule has 2 amide bonds. The van der Waals surface area contributed by atoms with Gasteiger partial charge in [0.2, 0.25) is 5.91 Å². The summed E-state index contributed by atoms with van der Waals surface area (Å²) >= 11 is 0. The Morgan fingerprint density at radius 2 is 1.69 bits per heavy atom. The number of nitrogens with zero attached hydrogens (tertiary/aromatic N) is 5. The molecule has 0 unspecified atom stereocenters. The number of rotatable bonds is 4. The first-order valence-corrected chi connectivity index (χ1v) is 9.38. The zero-order valence-electron chi connectivity index (χ0n) is 15.7. The van der Waals surface area contributed by atoms with Crippen LogP contribution in [0.1, 0.15) is 15.9 Å². The lowest BCUT2D eigenvalue weighted by Crippen LogP contribution is -2.51. The molecule has 148 valence electrons. The first-order valence-electron chi connectivity index (χ1n) is 9.38.